The van der Waals surface area contributed by atoms with E-state index < -0.39 is 0 Å². The third-order valence-electron chi connectivity index (χ3n) is 9.33. The molecule has 7 aromatic carbocycles. The zero-order chi connectivity index (χ0) is 32.6. The number of nitrogens with zero attached hydrogens (tertiary/aromatic N) is 3. The Kier molecular flexibility index (Phi) is 7.32. The van der Waals surface area contributed by atoms with E-state index in [1.807, 2.05) is 12.1 Å². The van der Waals surface area contributed by atoms with Gasteiger partial charge in [-0.2, -0.15) is 5.26 Å². The summed E-state index contributed by atoms with van der Waals surface area (Å²) in [6.45, 7) is 4.24. The number of fused-ring (bicyclic) bond motifs is 6. The third-order valence-corrected chi connectivity index (χ3v) is 9.33. The van der Waals surface area contributed by atoms with Crippen molar-refractivity contribution in [3.8, 4) is 28.6 Å². The smallest absolute Gasteiger partial charge is 0.0992 e. The molecule has 3 nitrogen and oxygen atoms in total. The van der Waals surface area contributed by atoms with E-state index in [0.29, 0.717) is 5.56 Å². The average molecular weight is 616 g/mol. The van der Waals surface area contributed by atoms with Gasteiger partial charge in [0.05, 0.1) is 33.7 Å². The van der Waals surface area contributed by atoms with Crippen LogP contribution < -0.4 is 0 Å². The van der Waals surface area contributed by atoms with Crippen LogP contribution in [0, 0.1) is 25.2 Å². The summed E-state index contributed by atoms with van der Waals surface area (Å²) in [7, 11) is 0. The fraction of sp³-hybridized carbons (Fsp3) is 0.0444. The van der Waals surface area contributed by atoms with Crippen molar-refractivity contribution in [2.75, 3.05) is 0 Å². The van der Waals surface area contributed by atoms with Gasteiger partial charge in [-0.3, -0.25) is 0 Å². The van der Waals surface area contributed by atoms with Gasteiger partial charge in [-0.1, -0.05) is 109 Å². The van der Waals surface area contributed by atoms with E-state index in [-0.39, 0.29) is 0 Å². The van der Waals surface area contributed by atoms with Gasteiger partial charge in [0.15, 0.2) is 0 Å². The van der Waals surface area contributed by atoms with Crippen molar-refractivity contribution >= 4 is 43.6 Å². The third kappa shape index (κ3) is 5.01. The van der Waals surface area contributed by atoms with Crippen LogP contribution in [0.1, 0.15) is 16.7 Å². The molecule has 0 atom stereocenters. The van der Waals surface area contributed by atoms with E-state index in [4.69, 9.17) is 0 Å². The van der Waals surface area contributed by atoms with Crippen LogP contribution in [0.25, 0.3) is 66.1 Å². The molecule has 0 saturated carbocycles. The minimum Gasteiger partial charge on any atom is -0.309 e. The van der Waals surface area contributed by atoms with Crippen molar-refractivity contribution in [1.29, 1.82) is 5.26 Å². The Morgan fingerprint density at radius 3 is 1.27 bits per heavy atom. The predicted molar refractivity (Wildman–Crippen MR) is 201 cm³/mol. The van der Waals surface area contributed by atoms with Crippen LogP contribution in [0.15, 0.2) is 164 Å². The first kappa shape index (κ1) is 29.1. The molecule has 3 heteroatoms. The minimum absolute atomic E-state index is 0.636. The van der Waals surface area contributed by atoms with Crippen LogP contribution in [0.5, 0.6) is 0 Å². The summed E-state index contributed by atoms with van der Waals surface area (Å²) < 4.78 is 4.60. The van der Waals surface area contributed by atoms with E-state index in [2.05, 4.69) is 181 Å². The molecule has 0 radical (unpaired) electrons. The van der Waals surface area contributed by atoms with Gasteiger partial charge < -0.3 is 9.13 Å². The number of benzene rings is 7. The fourth-order valence-corrected chi connectivity index (χ4v) is 6.86. The highest BCUT2D eigenvalue weighted by molar-refractivity contribution is 6.10. The Morgan fingerprint density at radius 2 is 0.812 bits per heavy atom. The number of para-hydroxylation sites is 4. The van der Waals surface area contributed by atoms with E-state index in [1.54, 1.807) is 0 Å². The number of nitriles is 1. The monoisotopic (exact) mass is 615 g/mol. The molecular weight excluding hydrogens is 583 g/mol. The maximum atomic E-state index is 10.0. The molecule has 0 spiro atoms. The number of aromatic nitrogens is 2. The zero-order valence-corrected chi connectivity index (χ0v) is 26.9. The first-order chi connectivity index (χ1) is 23.6. The van der Waals surface area contributed by atoms with Gasteiger partial charge in [-0.25, -0.2) is 0 Å². The highest BCUT2D eigenvalue weighted by Gasteiger charge is 2.15. The Hall–Kier alpha value is -6.37. The van der Waals surface area contributed by atoms with Crippen molar-refractivity contribution in [3.05, 3.63) is 180 Å². The van der Waals surface area contributed by atoms with Gasteiger partial charge in [0.2, 0.25) is 0 Å². The summed E-state index contributed by atoms with van der Waals surface area (Å²) in [5.74, 6) is 0. The van der Waals surface area contributed by atoms with Crippen molar-refractivity contribution in [1.82, 2.24) is 9.13 Å². The van der Waals surface area contributed by atoms with Crippen LogP contribution in [-0.2, 0) is 0 Å². The summed E-state index contributed by atoms with van der Waals surface area (Å²) in [6.07, 6.45) is 0. The maximum Gasteiger partial charge on any atom is 0.0992 e. The normalized spacial score (nSPS) is 11.1. The lowest BCUT2D eigenvalue weighted by atomic mass is 10.0. The lowest BCUT2D eigenvalue weighted by Crippen LogP contribution is -1.97. The average Bonchev–Trinajstić information content (AvgIpc) is 3.66. The molecule has 0 aliphatic rings. The first-order valence-corrected chi connectivity index (χ1v) is 16.3. The van der Waals surface area contributed by atoms with Crippen LogP contribution in [0.2, 0.25) is 0 Å². The van der Waals surface area contributed by atoms with Crippen LogP contribution in [0.3, 0.4) is 0 Å². The van der Waals surface area contributed by atoms with Gasteiger partial charge in [0.25, 0.3) is 0 Å². The summed E-state index contributed by atoms with van der Waals surface area (Å²) >= 11 is 0. The Labute approximate surface area is 280 Å². The van der Waals surface area contributed by atoms with Gasteiger partial charge >= 0.3 is 0 Å². The van der Waals surface area contributed by atoms with Crippen LogP contribution in [0.4, 0.5) is 0 Å². The lowest BCUT2D eigenvalue weighted by Gasteiger charge is -2.13. The molecule has 0 aliphatic carbocycles. The predicted octanol–water partition coefficient (Wildman–Crippen LogP) is 11.7. The van der Waals surface area contributed by atoms with Crippen molar-refractivity contribution in [3.63, 3.8) is 0 Å². The Bertz CT molecular complexity index is 2540. The summed E-state index contributed by atoms with van der Waals surface area (Å²) in [5, 5.41) is 14.9. The van der Waals surface area contributed by atoms with Gasteiger partial charge in [0, 0.05) is 32.9 Å². The van der Waals surface area contributed by atoms with Crippen LogP contribution >= 0.6 is 0 Å². The molecule has 0 unspecified atom stereocenters. The van der Waals surface area contributed by atoms with E-state index >= 15 is 0 Å². The number of hydrogen-bond acceptors (Lipinski definition) is 1. The lowest BCUT2D eigenvalue weighted by molar-refractivity contribution is 1.17. The van der Waals surface area contributed by atoms with Gasteiger partial charge in [-0.15, -0.1) is 0 Å². The number of rotatable bonds is 3. The first-order valence-electron chi connectivity index (χ1n) is 16.3. The van der Waals surface area contributed by atoms with Crippen molar-refractivity contribution in [2.45, 2.75) is 13.8 Å². The summed E-state index contributed by atoms with van der Waals surface area (Å²) in [5.41, 5.74) is 12.1. The molecule has 9 rings (SSSR count). The molecule has 228 valence electrons. The highest BCUT2D eigenvalue weighted by atomic mass is 15.0. The Morgan fingerprint density at radius 1 is 0.396 bits per heavy atom. The van der Waals surface area contributed by atoms with Crippen molar-refractivity contribution in [2.24, 2.45) is 0 Å². The number of hydrogen-bond donors (Lipinski definition) is 0. The van der Waals surface area contributed by atoms with E-state index in [9.17, 15) is 5.26 Å². The quantitative estimate of drug-likeness (QED) is 0.195. The number of aryl methyl sites for hydroxylation is 2. The molecule has 2 heterocycles. The maximum absolute atomic E-state index is 10.0. The van der Waals surface area contributed by atoms with E-state index in [0.717, 1.165) is 33.5 Å². The van der Waals surface area contributed by atoms with E-state index in [1.165, 1.54) is 43.7 Å². The molecule has 2 aromatic heterocycles. The molecule has 0 amide bonds. The second-order valence-electron chi connectivity index (χ2n) is 12.3. The standard InChI is InChI=1S/C37H23N3.C8H10/c38-24-25-20-27(23-29(21-25)40-36-18-7-3-14-32(36)33-15-4-8-19-37(33)40)26-10-9-11-28(22-26)39-34-16-5-1-12-30(34)31-13-2-6-17-35(31)39;1-7-5-3-4-6-8(7)2/h1-23H;3-6H,1-2H3. The largest absolute Gasteiger partial charge is 0.309 e. The highest BCUT2D eigenvalue weighted by Crippen LogP contribution is 2.36. The molecule has 0 fully saturated rings. The summed E-state index contributed by atoms with van der Waals surface area (Å²) in [6, 6.07) is 59.6. The molecule has 0 N–H and O–H groups in total. The molecule has 48 heavy (non-hydrogen) atoms. The molecule has 9 aromatic rings. The fourth-order valence-electron chi connectivity index (χ4n) is 6.86. The molecule has 0 saturated heterocycles. The van der Waals surface area contributed by atoms with Gasteiger partial charge in [-0.05, 0) is 90.7 Å². The van der Waals surface area contributed by atoms with Gasteiger partial charge in [0.1, 0.15) is 0 Å². The molecular formula is C45H33N3. The Balaban J connectivity index is 0.000000371. The zero-order valence-electron chi connectivity index (χ0n) is 26.9. The minimum atomic E-state index is 0.636. The topological polar surface area (TPSA) is 33.6 Å². The SMILES string of the molecule is Cc1ccccc1C.N#Cc1cc(-c2cccc(-n3c4ccccc4c4ccccc43)c2)cc(-n2c3ccccc3c3ccccc32)c1. The molecule has 0 bridgehead atoms. The van der Waals surface area contributed by atoms with Crippen LogP contribution in [-0.4, -0.2) is 9.13 Å². The summed E-state index contributed by atoms with van der Waals surface area (Å²) in [4.78, 5) is 0. The second kappa shape index (κ2) is 12.1. The van der Waals surface area contributed by atoms with Crippen molar-refractivity contribution < 1.29 is 0 Å². The molecule has 0 aliphatic heterocycles. The second-order valence-corrected chi connectivity index (χ2v) is 12.3.